The molecule has 2 unspecified atom stereocenters. The van der Waals surface area contributed by atoms with Gasteiger partial charge in [0.2, 0.25) is 5.91 Å². The van der Waals surface area contributed by atoms with Crippen molar-refractivity contribution in [2.75, 3.05) is 7.05 Å². The van der Waals surface area contributed by atoms with Gasteiger partial charge in [-0.1, -0.05) is 6.92 Å². The molecule has 0 radical (unpaired) electrons. The van der Waals surface area contributed by atoms with E-state index in [9.17, 15) is 9.59 Å². The Kier molecular flexibility index (Phi) is 5.79. The first-order valence-corrected chi connectivity index (χ1v) is 6.99. The van der Waals surface area contributed by atoms with Gasteiger partial charge < -0.3 is 5.32 Å². The van der Waals surface area contributed by atoms with Gasteiger partial charge in [-0.3, -0.25) is 14.5 Å². The highest BCUT2D eigenvalue weighted by Gasteiger charge is 2.28. The van der Waals surface area contributed by atoms with Crippen molar-refractivity contribution in [1.82, 2.24) is 10.2 Å². The lowest BCUT2D eigenvalue weighted by Gasteiger charge is -2.34. The van der Waals surface area contributed by atoms with E-state index in [-0.39, 0.29) is 18.0 Å². The van der Waals surface area contributed by atoms with E-state index < -0.39 is 0 Å². The van der Waals surface area contributed by atoms with Gasteiger partial charge in [0, 0.05) is 24.9 Å². The third-order valence-electron chi connectivity index (χ3n) is 4.08. The fourth-order valence-corrected chi connectivity index (χ4v) is 2.30. The molecule has 0 aromatic heterocycles. The van der Waals surface area contributed by atoms with Crippen LogP contribution < -0.4 is 5.32 Å². The van der Waals surface area contributed by atoms with Crippen molar-refractivity contribution >= 4 is 11.7 Å². The second-order valence-electron chi connectivity index (χ2n) is 5.43. The number of Topliss-reactive ketones (excluding diaryl/α,β-unsaturated/α-hetero) is 1. The molecule has 0 aromatic carbocycles. The van der Waals surface area contributed by atoms with Gasteiger partial charge in [0.05, 0.1) is 6.04 Å². The van der Waals surface area contributed by atoms with Gasteiger partial charge in [-0.2, -0.15) is 0 Å². The summed E-state index contributed by atoms with van der Waals surface area (Å²) in [5.74, 6) is 0.445. The van der Waals surface area contributed by atoms with Gasteiger partial charge in [0.1, 0.15) is 5.78 Å². The number of ketones is 1. The zero-order chi connectivity index (χ0) is 13.7. The van der Waals surface area contributed by atoms with Crippen molar-refractivity contribution in [3.63, 3.8) is 0 Å². The summed E-state index contributed by atoms with van der Waals surface area (Å²) in [5.41, 5.74) is 0. The van der Waals surface area contributed by atoms with Crippen LogP contribution in [0, 0.1) is 0 Å². The molecule has 1 N–H and O–H groups in total. The Labute approximate surface area is 110 Å². The Morgan fingerprint density at radius 2 is 1.94 bits per heavy atom. The minimum absolute atomic E-state index is 0.0868. The summed E-state index contributed by atoms with van der Waals surface area (Å²) in [4.78, 5) is 25.4. The summed E-state index contributed by atoms with van der Waals surface area (Å²) in [5, 5.41) is 3.01. The van der Waals surface area contributed by atoms with Crippen LogP contribution in [-0.4, -0.2) is 41.8 Å². The second-order valence-corrected chi connectivity index (χ2v) is 5.43. The Morgan fingerprint density at radius 1 is 1.39 bits per heavy atom. The zero-order valence-electron chi connectivity index (χ0n) is 12.0. The number of carbonyl (C=O) groups excluding carboxylic acids is 2. The number of nitrogens with zero attached hydrogens (tertiary/aromatic N) is 1. The van der Waals surface area contributed by atoms with E-state index in [1.165, 1.54) is 0 Å². The minimum atomic E-state index is -0.128. The molecular weight excluding hydrogens is 228 g/mol. The Morgan fingerprint density at radius 3 is 2.44 bits per heavy atom. The van der Waals surface area contributed by atoms with E-state index >= 15 is 0 Å². The molecule has 2 atom stereocenters. The Bertz CT molecular complexity index is 294. The molecule has 0 aromatic rings. The number of hydrogen-bond donors (Lipinski definition) is 1. The average Bonchev–Trinajstić information content (AvgIpc) is 2.37. The standard InChI is InChI=1S/C14H26N2O2/c1-5-10(2)15-14(18)11(3)16(4)12-6-8-13(17)9-7-12/h10-12H,5-9H2,1-4H3,(H,15,18). The molecule has 4 heteroatoms. The van der Waals surface area contributed by atoms with E-state index in [0.717, 1.165) is 19.3 Å². The molecule has 1 rings (SSSR count). The lowest BCUT2D eigenvalue weighted by atomic mass is 9.92. The lowest BCUT2D eigenvalue weighted by molar-refractivity contribution is -0.127. The quantitative estimate of drug-likeness (QED) is 0.813. The fraction of sp³-hybridized carbons (Fsp3) is 0.857. The maximum atomic E-state index is 12.0. The van der Waals surface area contributed by atoms with Gasteiger partial charge in [0.25, 0.3) is 0 Å². The lowest BCUT2D eigenvalue weighted by Crippen LogP contribution is -2.50. The highest BCUT2D eigenvalue weighted by molar-refractivity contribution is 5.82. The molecule has 18 heavy (non-hydrogen) atoms. The van der Waals surface area contributed by atoms with Crippen molar-refractivity contribution in [3.05, 3.63) is 0 Å². The summed E-state index contributed by atoms with van der Waals surface area (Å²) >= 11 is 0. The fourth-order valence-electron chi connectivity index (χ4n) is 2.30. The highest BCUT2D eigenvalue weighted by Crippen LogP contribution is 2.21. The molecule has 0 saturated heterocycles. The molecule has 1 aliphatic carbocycles. The molecule has 0 heterocycles. The number of amides is 1. The summed E-state index contributed by atoms with van der Waals surface area (Å²) in [7, 11) is 1.99. The summed E-state index contributed by atoms with van der Waals surface area (Å²) in [6.07, 6.45) is 4.04. The molecule has 1 saturated carbocycles. The molecule has 0 bridgehead atoms. The van der Waals surface area contributed by atoms with Gasteiger partial charge in [-0.15, -0.1) is 0 Å². The van der Waals surface area contributed by atoms with Crippen LogP contribution in [0.15, 0.2) is 0 Å². The van der Waals surface area contributed by atoms with Crippen LogP contribution >= 0.6 is 0 Å². The molecule has 1 fully saturated rings. The Balaban J connectivity index is 2.47. The largest absolute Gasteiger partial charge is 0.352 e. The Hall–Kier alpha value is -0.900. The van der Waals surface area contributed by atoms with Crippen molar-refractivity contribution in [2.45, 2.75) is 71.0 Å². The van der Waals surface area contributed by atoms with Crippen molar-refractivity contribution in [2.24, 2.45) is 0 Å². The smallest absolute Gasteiger partial charge is 0.237 e. The average molecular weight is 254 g/mol. The highest BCUT2D eigenvalue weighted by atomic mass is 16.2. The van der Waals surface area contributed by atoms with Crippen LogP contribution in [0.5, 0.6) is 0 Å². The second kappa shape index (κ2) is 6.88. The van der Waals surface area contributed by atoms with E-state index in [2.05, 4.69) is 17.1 Å². The van der Waals surface area contributed by atoms with Crippen LogP contribution in [0.1, 0.15) is 52.9 Å². The van der Waals surface area contributed by atoms with E-state index in [0.29, 0.717) is 24.7 Å². The van der Waals surface area contributed by atoms with Gasteiger partial charge in [-0.05, 0) is 40.2 Å². The topological polar surface area (TPSA) is 49.4 Å². The molecule has 0 spiro atoms. The molecular formula is C14H26N2O2. The van der Waals surface area contributed by atoms with E-state index in [1.807, 2.05) is 20.9 Å². The summed E-state index contributed by atoms with van der Waals surface area (Å²) in [6, 6.07) is 0.457. The van der Waals surface area contributed by atoms with Gasteiger partial charge >= 0.3 is 0 Å². The first-order chi connectivity index (χ1) is 8.45. The maximum absolute atomic E-state index is 12.0. The number of nitrogens with one attached hydrogen (secondary N) is 1. The predicted octanol–water partition coefficient (Wildman–Crippen LogP) is 1.73. The molecule has 104 valence electrons. The number of rotatable bonds is 5. The van der Waals surface area contributed by atoms with Crippen LogP contribution in [-0.2, 0) is 9.59 Å². The SMILES string of the molecule is CCC(C)NC(=O)C(C)N(C)C1CCC(=O)CC1. The van der Waals surface area contributed by atoms with Crippen molar-refractivity contribution < 1.29 is 9.59 Å². The van der Waals surface area contributed by atoms with Crippen molar-refractivity contribution in [3.8, 4) is 0 Å². The number of likely N-dealkylation sites (N-methyl/N-ethyl adjacent to an activating group) is 1. The van der Waals surface area contributed by atoms with E-state index in [4.69, 9.17) is 0 Å². The number of hydrogen-bond acceptors (Lipinski definition) is 3. The first kappa shape index (κ1) is 15.2. The third-order valence-corrected chi connectivity index (χ3v) is 4.08. The van der Waals surface area contributed by atoms with Crippen LogP contribution in [0.3, 0.4) is 0 Å². The van der Waals surface area contributed by atoms with Crippen LogP contribution in [0.4, 0.5) is 0 Å². The summed E-state index contributed by atoms with van der Waals surface area (Å²) < 4.78 is 0. The zero-order valence-corrected chi connectivity index (χ0v) is 12.0. The summed E-state index contributed by atoms with van der Waals surface area (Å²) in [6.45, 7) is 6.02. The third kappa shape index (κ3) is 4.09. The molecule has 4 nitrogen and oxygen atoms in total. The molecule has 0 aliphatic heterocycles. The van der Waals surface area contributed by atoms with Gasteiger partial charge in [-0.25, -0.2) is 0 Å². The van der Waals surface area contributed by atoms with E-state index in [1.54, 1.807) is 0 Å². The number of carbonyl (C=O) groups is 2. The van der Waals surface area contributed by atoms with Crippen LogP contribution in [0.2, 0.25) is 0 Å². The van der Waals surface area contributed by atoms with Crippen LogP contribution in [0.25, 0.3) is 0 Å². The minimum Gasteiger partial charge on any atom is -0.352 e. The van der Waals surface area contributed by atoms with Crippen molar-refractivity contribution in [1.29, 1.82) is 0 Å². The normalized spacial score (nSPS) is 20.8. The van der Waals surface area contributed by atoms with Gasteiger partial charge in [0.15, 0.2) is 0 Å². The monoisotopic (exact) mass is 254 g/mol. The molecule has 1 amide bonds. The maximum Gasteiger partial charge on any atom is 0.237 e. The predicted molar refractivity (Wildman–Crippen MR) is 72.4 cm³/mol. The first-order valence-electron chi connectivity index (χ1n) is 6.99. The molecule has 1 aliphatic rings.